The molecule has 0 unspecified atom stereocenters. The molecule has 0 atom stereocenters. The van der Waals surface area contributed by atoms with E-state index in [0.29, 0.717) is 20.8 Å². The Balaban J connectivity index is 2.39. The molecule has 2 aromatic carbocycles. The van der Waals surface area contributed by atoms with Gasteiger partial charge in [0.1, 0.15) is 5.75 Å². The number of hydrogen-bond donors (Lipinski definition) is 1. The minimum Gasteiger partial charge on any atom is -0.453 e. The fourth-order valence-electron chi connectivity index (χ4n) is 1.50. The Kier molecular flexibility index (Phi) is 4.22. The van der Waals surface area contributed by atoms with E-state index in [1.165, 1.54) is 6.07 Å². The Hall–Kier alpha value is -1.10. The molecule has 0 saturated carbocycles. The van der Waals surface area contributed by atoms with Crippen LogP contribution in [0, 0.1) is 5.82 Å². The maximum absolute atomic E-state index is 13.7. The summed E-state index contributed by atoms with van der Waals surface area (Å²) in [6.07, 6.45) is 0. The van der Waals surface area contributed by atoms with Crippen molar-refractivity contribution in [1.82, 2.24) is 0 Å². The van der Waals surface area contributed by atoms with Gasteiger partial charge in [0.25, 0.3) is 0 Å². The number of ether oxygens (including phenoxy) is 1. The molecule has 0 aromatic heterocycles. The molecule has 2 rings (SSSR count). The van der Waals surface area contributed by atoms with E-state index in [-0.39, 0.29) is 12.3 Å². The van der Waals surface area contributed by atoms with Crippen molar-refractivity contribution in [3.63, 3.8) is 0 Å². The van der Waals surface area contributed by atoms with Crippen molar-refractivity contribution >= 4 is 27.5 Å². The first kappa shape index (κ1) is 13.3. The molecule has 0 heterocycles. The summed E-state index contributed by atoms with van der Waals surface area (Å²) in [6.45, 7) is 0.207. The van der Waals surface area contributed by atoms with Crippen molar-refractivity contribution in [2.45, 2.75) is 6.54 Å². The lowest BCUT2D eigenvalue weighted by atomic mass is 10.2. The lowest BCUT2D eigenvalue weighted by Crippen LogP contribution is -2.01. The van der Waals surface area contributed by atoms with Crippen molar-refractivity contribution < 1.29 is 9.13 Å². The zero-order chi connectivity index (χ0) is 13.1. The van der Waals surface area contributed by atoms with E-state index in [2.05, 4.69) is 15.9 Å². The van der Waals surface area contributed by atoms with Crippen LogP contribution in [0.2, 0.25) is 5.02 Å². The van der Waals surface area contributed by atoms with Gasteiger partial charge in [-0.15, -0.1) is 0 Å². The Morgan fingerprint density at radius 2 is 2.06 bits per heavy atom. The first-order chi connectivity index (χ1) is 8.61. The zero-order valence-electron chi connectivity index (χ0n) is 9.29. The zero-order valence-corrected chi connectivity index (χ0v) is 11.6. The van der Waals surface area contributed by atoms with Crippen LogP contribution in [0.15, 0.2) is 40.9 Å². The van der Waals surface area contributed by atoms with Crippen molar-refractivity contribution in [2.24, 2.45) is 5.73 Å². The van der Waals surface area contributed by atoms with E-state index in [1.807, 2.05) is 0 Å². The molecule has 2 nitrogen and oxygen atoms in total. The third kappa shape index (κ3) is 2.83. The number of para-hydroxylation sites is 1. The van der Waals surface area contributed by atoms with Crippen LogP contribution < -0.4 is 10.5 Å². The third-order valence-corrected chi connectivity index (χ3v) is 3.23. The number of hydrogen-bond acceptors (Lipinski definition) is 2. The van der Waals surface area contributed by atoms with Gasteiger partial charge in [0.05, 0.1) is 4.47 Å². The lowest BCUT2D eigenvalue weighted by Gasteiger charge is -2.12. The molecule has 2 aromatic rings. The summed E-state index contributed by atoms with van der Waals surface area (Å²) in [7, 11) is 0. The quantitative estimate of drug-likeness (QED) is 0.899. The molecule has 0 radical (unpaired) electrons. The molecule has 0 aliphatic heterocycles. The van der Waals surface area contributed by atoms with E-state index in [4.69, 9.17) is 22.1 Å². The minimum atomic E-state index is -0.445. The van der Waals surface area contributed by atoms with Crippen molar-refractivity contribution in [1.29, 1.82) is 0 Å². The topological polar surface area (TPSA) is 35.2 Å². The Morgan fingerprint density at radius 3 is 2.72 bits per heavy atom. The van der Waals surface area contributed by atoms with E-state index < -0.39 is 5.82 Å². The highest BCUT2D eigenvalue weighted by Gasteiger charge is 2.11. The molecule has 0 fully saturated rings. The van der Waals surface area contributed by atoms with E-state index in [1.54, 1.807) is 30.3 Å². The molecular weight excluding hydrogens is 321 g/mol. The fourth-order valence-corrected chi connectivity index (χ4v) is 2.26. The van der Waals surface area contributed by atoms with Crippen LogP contribution in [0.25, 0.3) is 0 Å². The summed E-state index contributed by atoms with van der Waals surface area (Å²) in [5.41, 5.74) is 6.16. The van der Waals surface area contributed by atoms with Crippen LogP contribution in [0.5, 0.6) is 11.5 Å². The van der Waals surface area contributed by atoms with Crippen LogP contribution in [0.3, 0.4) is 0 Å². The maximum atomic E-state index is 13.7. The number of halogens is 3. The second kappa shape index (κ2) is 5.69. The van der Waals surface area contributed by atoms with E-state index in [9.17, 15) is 4.39 Å². The molecule has 94 valence electrons. The normalized spacial score (nSPS) is 10.4. The van der Waals surface area contributed by atoms with Crippen molar-refractivity contribution in [3.05, 3.63) is 57.3 Å². The van der Waals surface area contributed by atoms with Gasteiger partial charge in [-0.25, -0.2) is 4.39 Å². The van der Waals surface area contributed by atoms with Gasteiger partial charge in [-0.3, -0.25) is 0 Å². The van der Waals surface area contributed by atoms with E-state index >= 15 is 0 Å². The molecule has 0 aliphatic carbocycles. The van der Waals surface area contributed by atoms with Gasteiger partial charge in [-0.05, 0) is 40.2 Å². The summed E-state index contributed by atoms with van der Waals surface area (Å²) in [4.78, 5) is 0. The molecule has 5 heteroatoms. The fraction of sp³-hybridized carbons (Fsp3) is 0.0769. The summed E-state index contributed by atoms with van der Waals surface area (Å²) < 4.78 is 19.9. The summed E-state index contributed by atoms with van der Waals surface area (Å²) >= 11 is 9.14. The molecule has 0 spiro atoms. The largest absolute Gasteiger partial charge is 0.453 e. The summed E-state index contributed by atoms with van der Waals surface area (Å²) in [6, 6.07) is 9.67. The molecule has 2 N–H and O–H groups in total. The van der Waals surface area contributed by atoms with Crippen LogP contribution in [-0.2, 0) is 6.54 Å². The Morgan fingerprint density at radius 1 is 1.28 bits per heavy atom. The summed E-state index contributed by atoms with van der Waals surface area (Å²) in [5, 5.41) is 0.571. The van der Waals surface area contributed by atoms with E-state index in [0.717, 1.165) is 0 Å². The van der Waals surface area contributed by atoms with Gasteiger partial charge in [-0.1, -0.05) is 23.7 Å². The van der Waals surface area contributed by atoms with Crippen LogP contribution >= 0.6 is 27.5 Å². The van der Waals surface area contributed by atoms with Crippen LogP contribution in [0.1, 0.15) is 5.56 Å². The average molecular weight is 331 g/mol. The number of rotatable bonds is 3. The van der Waals surface area contributed by atoms with Crippen molar-refractivity contribution in [3.8, 4) is 11.5 Å². The minimum absolute atomic E-state index is 0.142. The molecular formula is C13H10BrClFNO. The molecule has 0 saturated heterocycles. The van der Waals surface area contributed by atoms with Crippen molar-refractivity contribution in [2.75, 3.05) is 0 Å². The number of nitrogens with two attached hydrogens (primary N) is 1. The Labute approximate surface area is 118 Å². The monoisotopic (exact) mass is 329 g/mol. The molecule has 0 amide bonds. The molecule has 0 aliphatic rings. The second-order valence-corrected chi connectivity index (χ2v) is 4.90. The molecule has 18 heavy (non-hydrogen) atoms. The van der Waals surface area contributed by atoms with Crippen LogP contribution in [0.4, 0.5) is 4.39 Å². The first-order valence-electron chi connectivity index (χ1n) is 5.22. The van der Waals surface area contributed by atoms with Gasteiger partial charge in [0, 0.05) is 17.1 Å². The van der Waals surface area contributed by atoms with Gasteiger partial charge < -0.3 is 10.5 Å². The van der Waals surface area contributed by atoms with Gasteiger partial charge in [0.2, 0.25) is 0 Å². The highest BCUT2D eigenvalue weighted by molar-refractivity contribution is 9.10. The van der Waals surface area contributed by atoms with Gasteiger partial charge in [0.15, 0.2) is 11.6 Å². The second-order valence-electron chi connectivity index (χ2n) is 3.61. The lowest BCUT2D eigenvalue weighted by molar-refractivity contribution is 0.434. The molecule has 0 bridgehead atoms. The number of benzene rings is 2. The van der Waals surface area contributed by atoms with Gasteiger partial charge >= 0.3 is 0 Å². The Bertz CT molecular complexity index is 577. The van der Waals surface area contributed by atoms with Crippen LogP contribution in [-0.4, -0.2) is 0 Å². The smallest absolute Gasteiger partial charge is 0.167 e. The summed E-state index contributed by atoms with van der Waals surface area (Å²) in [5.74, 6) is 0.182. The predicted octanol–water partition coefficient (Wildman–Crippen LogP) is 4.49. The SMILES string of the molecule is NCc1cccc(F)c1Oc1ccc(Cl)cc1Br. The first-order valence-corrected chi connectivity index (χ1v) is 6.39. The van der Waals surface area contributed by atoms with Gasteiger partial charge in [-0.2, -0.15) is 0 Å². The highest BCUT2D eigenvalue weighted by Crippen LogP contribution is 2.34. The standard InChI is InChI=1S/C13H10BrClFNO/c14-10-6-9(15)4-5-12(10)18-13-8(7-17)2-1-3-11(13)16/h1-6H,7,17H2. The predicted molar refractivity (Wildman–Crippen MR) is 73.5 cm³/mol. The highest BCUT2D eigenvalue weighted by atomic mass is 79.9. The third-order valence-electron chi connectivity index (χ3n) is 2.37. The average Bonchev–Trinajstić information content (AvgIpc) is 2.34. The maximum Gasteiger partial charge on any atom is 0.167 e.